The Morgan fingerprint density at radius 3 is 2.95 bits per heavy atom. The zero-order valence-electron chi connectivity index (χ0n) is 10.4. The van der Waals surface area contributed by atoms with Gasteiger partial charge >= 0.3 is 5.97 Å². The molecule has 1 heterocycles. The first-order chi connectivity index (χ1) is 9.24. The second-order valence-electron chi connectivity index (χ2n) is 4.89. The summed E-state index contributed by atoms with van der Waals surface area (Å²) in [5.74, 6) is -0.621. The van der Waals surface area contributed by atoms with Gasteiger partial charge in [0.1, 0.15) is 16.9 Å². The number of H-pyrrole nitrogens is 1. The number of aromatic amines is 1. The third kappa shape index (κ3) is 2.43. The molecule has 2 aromatic rings. The number of hydrogen-bond acceptors (Lipinski definition) is 4. The maximum atomic E-state index is 13.4. The van der Waals surface area contributed by atoms with Crippen molar-refractivity contribution in [3.8, 4) is 0 Å². The minimum Gasteiger partial charge on any atom is -0.462 e. The predicted molar refractivity (Wildman–Crippen MR) is 66.1 cm³/mol. The fourth-order valence-electron chi connectivity index (χ4n) is 2.52. The van der Waals surface area contributed by atoms with Gasteiger partial charge in [0.15, 0.2) is 0 Å². The molecule has 0 saturated heterocycles. The first-order valence-electron chi connectivity index (χ1n) is 6.41. The lowest BCUT2D eigenvalue weighted by molar-refractivity contribution is 0.0444. The first-order valence-corrected chi connectivity index (χ1v) is 6.41. The van der Waals surface area contributed by atoms with Gasteiger partial charge in [-0.1, -0.05) is 12.8 Å². The summed E-state index contributed by atoms with van der Waals surface area (Å²) in [6.45, 7) is 0.398. The molecule has 3 rings (SSSR count). The SMILES string of the molecule is O=C(OCC1CCCC1)c1cc(F)cc2n[nH]nc12. The third-order valence-electron chi connectivity index (χ3n) is 3.53. The maximum absolute atomic E-state index is 13.4. The average Bonchev–Trinajstić information content (AvgIpc) is 3.05. The van der Waals surface area contributed by atoms with Gasteiger partial charge in [0.2, 0.25) is 0 Å². The number of carbonyl (C=O) groups is 1. The Kier molecular flexibility index (Phi) is 3.15. The van der Waals surface area contributed by atoms with E-state index in [4.69, 9.17) is 4.74 Å². The van der Waals surface area contributed by atoms with Gasteiger partial charge in [-0.2, -0.15) is 15.4 Å². The molecule has 19 heavy (non-hydrogen) atoms. The smallest absolute Gasteiger partial charge is 0.340 e. The van der Waals surface area contributed by atoms with Gasteiger partial charge in [-0.15, -0.1) is 0 Å². The van der Waals surface area contributed by atoms with Gasteiger partial charge in [0.05, 0.1) is 12.2 Å². The number of esters is 1. The monoisotopic (exact) mass is 263 g/mol. The Morgan fingerprint density at radius 1 is 1.37 bits per heavy atom. The fourth-order valence-corrected chi connectivity index (χ4v) is 2.52. The summed E-state index contributed by atoms with van der Waals surface area (Å²) >= 11 is 0. The molecule has 1 aliphatic rings. The molecule has 0 radical (unpaired) electrons. The summed E-state index contributed by atoms with van der Waals surface area (Å²) < 4.78 is 18.6. The molecule has 1 aromatic heterocycles. The lowest BCUT2D eigenvalue weighted by Gasteiger charge is -2.10. The molecule has 0 aliphatic heterocycles. The second kappa shape index (κ2) is 4.95. The molecule has 0 bridgehead atoms. The van der Waals surface area contributed by atoms with E-state index in [1.54, 1.807) is 0 Å². The summed E-state index contributed by atoms with van der Waals surface area (Å²) in [4.78, 5) is 12.0. The van der Waals surface area contributed by atoms with E-state index in [0.717, 1.165) is 18.9 Å². The van der Waals surface area contributed by atoms with Gasteiger partial charge in [0.25, 0.3) is 0 Å². The number of aromatic nitrogens is 3. The quantitative estimate of drug-likeness (QED) is 0.864. The fraction of sp³-hybridized carbons (Fsp3) is 0.462. The highest BCUT2D eigenvalue weighted by Crippen LogP contribution is 2.25. The van der Waals surface area contributed by atoms with Crippen LogP contribution in [0.4, 0.5) is 4.39 Å². The number of carbonyl (C=O) groups excluding carboxylic acids is 1. The Morgan fingerprint density at radius 2 is 2.16 bits per heavy atom. The van der Waals surface area contributed by atoms with Crippen molar-refractivity contribution in [1.82, 2.24) is 15.4 Å². The van der Waals surface area contributed by atoms with E-state index in [0.29, 0.717) is 23.6 Å². The molecular formula is C13H14FN3O2. The van der Waals surface area contributed by atoms with E-state index in [9.17, 15) is 9.18 Å². The van der Waals surface area contributed by atoms with Crippen LogP contribution >= 0.6 is 0 Å². The van der Waals surface area contributed by atoms with Gasteiger partial charge < -0.3 is 4.74 Å². The molecule has 0 amide bonds. The van der Waals surface area contributed by atoms with E-state index in [2.05, 4.69) is 15.4 Å². The predicted octanol–water partition coefficient (Wildman–Crippen LogP) is 2.44. The van der Waals surface area contributed by atoms with Crippen molar-refractivity contribution in [2.24, 2.45) is 5.92 Å². The van der Waals surface area contributed by atoms with Crippen LogP contribution in [-0.2, 0) is 4.74 Å². The number of fused-ring (bicyclic) bond motifs is 1. The van der Waals surface area contributed by atoms with Crippen molar-refractivity contribution in [2.45, 2.75) is 25.7 Å². The maximum Gasteiger partial charge on any atom is 0.340 e. The number of benzene rings is 1. The Labute approximate surface area is 109 Å². The molecule has 6 heteroatoms. The summed E-state index contributed by atoms with van der Waals surface area (Å²) in [6, 6.07) is 2.37. The highest BCUT2D eigenvalue weighted by atomic mass is 19.1. The minimum atomic E-state index is -0.537. The van der Waals surface area contributed by atoms with Crippen LogP contribution < -0.4 is 0 Å². The standard InChI is InChI=1S/C13H14FN3O2/c14-9-5-10(12-11(6-9)15-17-16-12)13(18)19-7-8-3-1-2-4-8/h5-6,8H,1-4,7H2,(H,15,16,17). The van der Waals surface area contributed by atoms with Gasteiger partial charge in [-0.25, -0.2) is 9.18 Å². The van der Waals surface area contributed by atoms with Crippen LogP contribution in [0, 0.1) is 11.7 Å². The van der Waals surface area contributed by atoms with Crippen molar-refractivity contribution in [3.05, 3.63) is 23.5 Å². The van der Waals surface area contributed by atoms with E-state index in [-0.39, 0.29) is 5.56 Å². The van der Waals surface area contributed by atoms with Crippen molar-refractivity contribution >= 4 is 17.0 Å². The molecule has 1 fully saturated rings. The zero-order chi connectivity index (χ0) is 13.2. The summed E-state index contributed by atoms with van der Waals surface area (Å²) in [5.41, 5.74) is 0.799. The van der Waals surface area contributed by atoms with Crippen molar-refractivity contribution in [1.29, 1.82) is 0 Å². The third-order valence-corrected chi connectivity index (χ3v) is 3.53. The van der Waals surface area contributed by atoms with Gasteiger partial charge in [0, 0.05) is 6.07 Å². The highest BCUT2D eigenvalue weighted by Gasteiger charge is 2.20. The summed E-state index contributed by atoms with van der Waals surface area (Å²) in [5, 5.41) is 10.0. The van der Waals surface area contributed by atoms with E-state index in [1.807, 2.05) is 0 Å². The molecule has 0 spiro atoms. The zero-order valence-corrected chi connectivity index (χ0v) is 10.4. The molecule has 1 saturated carbocycles. The molecule has 1 aliphatic carbocycles. The topological polar surface area (TPSA) is 67.9 Å². The Hall–Kier alpha value is -1.98. The average molecular weight is 263 g/mol. The van der Waals surface area contributed by atoms with Crippen molar-refractivity contribution in [3.63, 3.8) is 0 Å². The van der Waals surface area contributed by atoms with Gasteiger partial charge in [-0.05, 0) is 24.8 Å². The van der Waals surface area contributed by atoms with Crippen molar-refractivity contribution < 1.29 is 13.9 Å². The minimum absolute atomic E-state index is 0.127. The number of rotatable bonds is 3. The molecular weight excluding hydrogens is 249 g/mol. The van der Waals surface area contributed by atoms with Crippen LogP contribution in [0.25, 0.3) is 11.0 Å². The molecule has 1 N–H and O–H groups in total. The Bertz CT molecular complexity index is 605. The lowest BCUT2D eigenvalue weighted by atomic mass is 10.1. The van der Waals surface area contributed by atoms with Gasteiger partial charge in [-0.3, -0.25) is 0 Å². The van der Waals surface area contributed by atoms with Crippen LogP contribution in [0.15, 0.2) is 12.1 Å². The van der Waals surface area contributed by atoms with E-state index in [1.165, 1.54) is 18.9 Å². The van der Waals surface area contributed by atoms with Crippen LogP contribution in [0.1, 0.15) is 36.0 Å². The van der Waals surface area contributed by atoms with Crippen LogP contribution in [0.5, 0.6) is 0 Å². The lowest BCUT2D eigenvalue weighted by Crippen LogP contribution is -2.12. The largest absolute Gasteiger partial charge is 0.462 e. The van der Waals surface area contributed by atoms with Crippen molar-refractivity contribution in [2.75, 3.05) is 6.61 Å². The van der Waals surface area contributed by atoms with Crippen LogP contribution in [-0.4, -0.2) is 28.0 Å². The highest BCUT2D eigenvalue weighted by molar-refractivity contribution is 6.01. The Balaban J connectivity index is 1.78. The normalized spacial score (nSPS) is 16.1. The number of hydrogen-bond donors (Lipinski definition) is 1. The van der Waals surface area contributed by atoms with E-state index < -0.39 is 11.8 Å². The number of nitrogens with one attached hydrogen (secondary N) is 1. The second-order valence-corrected chi connectivity index (χ2v) is 4.89. The molecule has 0 atom stereocenters. The number of nitrogens with zero attached hydrogens (tertiary/aromatic N) is 2. The summed E-state index contributed by atoms with van der Waals surface area (Å²) in [6.07, 6.45) is 4.57. The van der Waals surface area contributed by atoms with Crippen LogP contribution in [0.3, 0.4) is 0 Å². The first kappa shape index (κ1) is 12.1. The molecule has 100 valence electrons. The summed E-state index contributed by atoms with van der Waals surface area (Å²) in [7, 11) is 0. The molecule has 1 aromatic carbocycles. The molecule has 5 nitrogen and oxygen atoms in total. The number of ether oxygens (including phenoxy) is 1. The molecule has 0 unspecified atom stereocenters. The number of halogens is 1. The van der Waals surface area contributed by atoms with Crippen LogP contribution in [0.2, 0.25) is 0 Å². The van der Waals surface area contributed by atoms with E-state index >= 15 is 0 Å².